The van der Waals surface area contributed by atoms with E-state index in [1.807, 2.05) is 6.92 Å². The lowest BCUT2D eigenvalue weighted by molar-refractivity contribution is 0.316. The van der Waals surface area contributed by atoms with Crippen LogP contribution in [0.5, 0.6) is 0 Å². The summed E-state index contributed by atoms with van der Waals surface area (Å²) in [5.41, 5.74) is 6.33. The van der Waals surface area contributed by atoms with E-state index in [1.165, 1.54) is 12.1 Å². The van der Waals surface area contributed by atoms with E-state index >= 15 is 0 Å². The molecule has 88 valence electrons. The first-order valence-electron chi connectivity index (χ1n) is 5.08. The van der Waals surface area contributed by atoms with Gasteiger partial charge in [-0.3, -0.25) is 0 Å². The van der Waals surface area contributed by atoms with Crippen LogP contribution in [0, 0.1) is 5.82 Å². The number of nitrogens with one attached hydrogen (secondary N) is 1. The van der Waals surface area contributed by atoms with Crippen molar-refractivity contribution in [2.24, 2.45) is 10.9 Å². The molecular formula is C11H16FN3O. The average molecular weight is 225 g/mol. The second kappa shape index (κ2) is 6.07. The van der Waals surface area contributed by atoms with Crippen molar-refractivity contribution in [3.05, 3.63) is 35.6 Å². The maximum Gasteiger partial charge on any atom is 0.140 e. The summed E-state index contributed by atoms with van der Waals surface area (Å²) in [6.45, 7) is 2.58. The zero-order valence-corrected chi connectivity index (χ0v) is 9.15. The van der Waals surface area contributed by atoms with Crippen LogP contribution < -0.4 is 11.1 Å². The number of nitrogens with two attached hydrogens (primary N) is 1. The third kappa shape index (κ3) is 3.86. The highest BCUT2D eigenvalue weighted by Crippen LogP contribution is 2.12. The standard InChI is InChI=1S/C11H16FN3O/c1-8(14-7-6-11(13)15-16)9-2-4-10(12)5-3-9/h2-5,8,14,16H,6-7H2,1H3,(H2,13,15)/t8-/m0/s1. The van der Waals surface area contributed by atoms with Gasteiger partial charge in [0.1, 0.15) is 11.7 Å². The average Bonchev–Trinajstić information content (AvgIpc) is 2.29. The summed E-state index contributed by atoms with van der Waals surface area (Å²) < 4.78 is 12.7. The van der Waals surface area contributed by atoms with Gasteiger partial charge in [0.15, 0.2) is 0 Å². The van der Waals surface area contributed by atoms with Crippen LogP contribution in [0.2, 0.25) is 0 Å². The van der Waals surface area contributed by atoms with Crippen LogP contribution in [0.15, 0.2) is 29.4 Å². The molecule has 0 aromatic heterocycles. The molecule has 4 nitrogen and oxygen atoms in total. The molecule has 0 bridgehead atoms. The molecule has 0 radical (unpaired) electrons. The lowest BCUT2D eigenvalue weighted by Crippen LogP contribution is -2.24. The summed E-state index contributed by atoms with van der Waals surface area (Å²) in [4.78, 5) is 0. The molecule has 1 atom stereocenters. The van der Waals surface area contributed by atoms with Crippen molar-refractivity contribution >= 4 is 5.84 Å². The molecule has 1 aromatic rings. The Labute approximate surface area is 94.0 Å². The minimum Gasteiger partial charge on any atom is -0.409 e. The highest BCUT2D eigenvalue weighted by molar-refractivity contribution is 5.79. The van der Waals surface area contributed by atoms with Gasteiger partial charge in [0.05, 0.1) is 0 Å². The van der Waals surface area contributed by atoms with Gasteiger partial charge in [-0.15, -0.1) is 0 Å². The highest BCUT2D eigenvalue weighted by atomic mass is 19.1. The molecule has 5 heteroatoms. The fourth-order valence-electron chi connectivity index (χ4n) is 1.34. The molecular weight excluding hydrogens is 209 g/mol. The minimum absolute atomic E-state index is 0.104. The number of halogens is 1. The Morgan fingerprint density at radius 1 is 1.50 bits per heavy atom. The predicted molar refractivity (Wildman–Crippen MR) is 60.8 cm³/mol. The Morgan fingerprint density at radius 3 is 2.69 bits per heavy atom. The first-order valence-corrected chi connectivity index (χ1v) is 5.08. The van der Waals surface area contributed by atoms with Crippen LogP contribution >= 0.6 is 0 Å². The third-order valence-electron chi connectivity index (χ3n) is 2.33. The number of oxime groups is 1. The van der Waals surface area contributed by atoms with Gasteiger partial charge in [0, 0.05) is 19.0 Å². The summed E-state index contributed by atoms with van der Waals surface area (Å²) in [6, 6.07) is 6.42. The van der Waals surface area contributed by atoms with Crippen molar-refractivity contribution in [1.82, 2.24) is 5.32 Å². The van der Waals surface area contributed by atoms with E-state index < -0.39 is 0 Å². The molecule has 0 saturated heterocycles. The van der Waals surface area contributed by atoms with Gasteiger partial charge in [0.25, 0.3) is 0 Å². The zero-order chi connectivity index (χ0) is 12.0. The molecule has 0 amide bonds. The highest BCUT2D eigenvalue weighted by Gasteiger charge is 2.04. The van der Waals surface area contributed by atoms with Gasteiger partial charge in [0.2, 0.25) is 0 Å². The fourth-order valence-corrected chi connectivity index (χ4v) is 1.34. The first kappa shape index (κ1) is 12.4. The Hall–Kier alpha value is -1.62. The second-order valence-corrected chi connectivity index (χ2v) is 3.57. The Balaban J connectivity index is 2.40. The smallest absolute Gasteiger partial charge is 0.140 e. The fraction of sp³-hybridized carbons (Fsp3) is 0.364. The van der Waals surface area contributed by atoms with E-state index in [1.54, 1.807) is 12.1 Å². The molecule has 0 heterocycles. The van der Waals surface area contributed by atoms with Gasteiger partial charge >= 0.3 is 0 Å². The molecule has 1 rings (SSSR count). The van der Waals surface area contributed by atoms with Crippen molar-refractivity contribution in [1.29, 1.82) is 0 Å². The van der Waals surface area contributed by atoms with Crippen molar-refractivity contribution < 1.29 is 9.60 Å². The summed E-state index contributed by atoms with van der Waals surface area (Å²) in [5, 5.41) is 14.4. The van der Waals surface area contributed by atoms with E-state index in [0.717, 1.165) is 5.56 Å². The normalized spacial score (nSPS) is 13.8. The zero-order valence-electron chi connectivity index (χ0n) is 9.15. The lowest BCUT2D eigenvalue weighted by atomic mass is 10.1. The van der Waals surface area contributed by atoms with Crippen molar-refractivity contribution in [2.75, 3.05) is 6.54 Å². The van der Waals surface area contributed by atoms with Crippen LogP contribution in [-0.2, 0) is 0 Å². The SMILES string of the molecule is C[C@H](NCC/C(N)=N/O)c1ccc(F)cc1. The molecule has 0 aliphatic heterocycles. The lowest BCUT2D eigenvalue weighted by Gasteiger charge is -2.13. The van der Waals surface area contributed by atoms with Crippen LogP contribution in [-0.4, -0.2) is 17.6 Å². The molecule has 0 saturated carbocycles. The van der Waals surface area contributed by atoms with Gasteiger partial charge in [-0.25, -0.2) is 4.39 Å². The first-order chi connectivity index (χ1) is 7.63. The number of benzene rings is 1. The Morgan fingerprint density at radius 2 is 2.12 bits per heavy atom. The Bertz CT molecular complexity index is 351. The largest absolute Gasteiger partial charge is 0.409 e. The molecule has 0 aliphatic rings. The molecule has 4 N–H and O–H groups in total. The minimum atomic E-state index is -0.243. The molecule has 1 aromatic carbocycles. The summed E-state index contributed by atoms with van der Waals surface area (Å²) >= 11 is 0. The van der Waals surface area contributed by atoms with Crippen LogP contribution in [0.1, 0.15) is 24.9 Å². The van der Waals surface area contributed by atoms with Gasteiger partial charge < -0.3 is 16.3 Å². The number of nitrogens with zero attached hydrogens (tertiary/aromatic N) is 1. The molecule has 0 unspecified atom stereocenters. The molecule has 0 fully saturated rings. The van der Waals surface area contributed by atoms with Crippen LogP contribution in [0.3, 0.4) is 0 Å². The van der Waals surface area contributed by atoms with Crippen molar-refractivity contribution in [3.8, 4) is 0 Å². The summed E-state index contributed by atoms with van der Waals surface area (Å²) in [7, 11) is 0. The maximum atomic E-state index is 12.7. The van der Waals surface area contributed by atoms with Crippen LogP contribution in [0.25, 0.3) is 0 Å². The number of hydrogen-bond donors (Lipinski definition) is 3. The van der Waals surface area contributed by atoms with Gasteiger partial charge in [-0.1, -0.05) is 17.3 Å². The third-order valence-corrected chi connectivity index (χ3v) is 2.33. The second-order valence-electron chi connectivity index (χ2n) is 3.57. The topological polar surface area (TPSA) is 70.6 Å². The molecule has 16 heavy (non-hydrogen) atoms. The number of hydrogen-bond acceptors (Lipinski definition) is 3. The van der Waals surface area contributed by atoms with E-state index in [2.05, 4.69) is 10.5 Å². The van der Waals surface area contributed by atoms with Gasteiger partial charge in [-0.2, -0.15) is 0 Å². The van der Waals surface area contributed by atoms with E-state index in [0.29, 0.717) is 13.0 Å². The van der Waals surface area contributed by atoms with Gasteiger partial charge in [-0.05, 0) is 24.6 Å². The predicted octanol–water partition coefficient (Wildman–Crippen LogP) is 1.61. The monoisotopic (exact) mass is 225 g/mol. The summed E-state index contributed by atoms with van der Waals surface area (Å²) in [6.07, 6.45) is 0.474. The Kier molecular flexibility index (Phi) is 4.72. The van der Waals surface area contributed by atoms with E-state index in [9.17, 15) is 4.39 Å². The van der Waals surface area contributed by atoms with Crippen molar-refractivity contribution in [2.45, 2.75) is 19.4 Å². The molecule has 0 aliphatic carbocycles. The van der Waals surface area contributed by atoms with Crippen LogP contribution in [0.4, 0.5) is 4.39 Å². The maximum absolute atomic E-state index is 12.7. The summed E-state index contributed by atoms with van der Waals surface area (Å²) in [5.74, 6) is -0.0496. The van der Waals surface area contributed by atoms with Crippen molar-refractivity contribution in [3.63, 3.8) is 0 Å². The number of rotatable bonds is 5. The quantitative estimate of drug-likeness (QED) is 0.308. The van der Waals surface area contributed by atoms with E-state index in [-0.39, 0.29) is 17.7 Å². The van der Waals surface area contributed by atoms with E-state index in [4.69, 9.17) is 10.9 Å². The number of amidine groups is 1. The molecule has 0 spiro atoms.